The molecular formula is C58H71N5O9. The van der Waals surface area contributed by atoms with Crippen molar-refractivity contribution in [1.29, 1.82) is 0 Å². The predicted octanol–water partition coefficient (Wildman–Crippen LogP) is 6.91. The van der Waals surface area contributed by atoms with Crippen LogP contribution in [0.25, 0.3) is 10.9 Å². The highest BCUT2D eigenvalue weighted by molar-refractivity contribution is 5.88. The van der Waals surface area contributed by atoms with Crippen molar-refractivity contribution in [2.45, 2.75) is 82.5 Å². The third-order valence-electron chi connectivity index (χ3n) is 15.9. The van der Waals surface area contributed by atoms with Crippen molar-refractivity contribution in [3.63, 3.8) is 0 Å². The highest BCUT2D eigenvalue weighted by Crippen LogP contribution is 2.36. The molecule has 4 aromatic carbocycles. The quantitative estimate of drug-likeness (QED) is 0.0611. The molecule has 1 saturated carbocycles. The second kappa shape index (κ2) is 23.7. The molecule has 14 nitrogen and oxygen atoms in total. The summed E-state index contributed by atoms with van der Waals surface area (Å²) in [6.07, 6.45) is 7.30. The minimum Gasteiger partial charge on any atom is -0.506 e. The molecule has 5 N–H and O–H groups in total. The Labute approximate surface area is 422 Å². The zero-order chi connectivity index (χ0) is 50.0. The molecule has 382 valence electrons. The van der Waals surface area contributed by atoms with Gasteiger partial charge in [-0.15, -0.1) is 0 Å². The number of hydrogen-bond donors (Lipinski definition) is 5. The van der Waals surface area contributed by atoms with Gasteiger partial charge >= 0.3 is 5.97 Å². The zero-order valence-electron chi connectivity index (χ0n) is 41.3. The van der Waals surface area contributed by atoms with Gasteiger partial charge in [0.25, 0.3) is 0 Å². The fourth-order valence-corrected chi connectivity index (χ4v) is 11.4. The minimum absolute atomic E-state index is 0.0403. The van der Waals surface area contributed by atoms with Gasteiger partial charge < -0.3 is 44.9 Å². The van der Waals surface area contributed by atoms with E-state index in [0.29, 0.717) is 85.1 Å². The number of phenols is 1. The van der Waals surface area contributed by atoms with Crippen LogP contribution < -0.4 is 15.6 Å². The van der Waals surface area contributed by atoms with Crippen LogP contribution in [0.5, 0.6) is 11.5 Å². The number of H-pyrrole nitrogens is 1. The van der Waals surface area contributed by atoms with Gasteiger partial charge in [-0.05, 0) is 143 Å². The molecule has 3 aliphatic heterocycles. The third-order valence-corrected chi connectivity index (χ3v) is 15.9. The summed E-state index contributed by atoms with van der Waals surface area (Å²) >= 11 is 0. The molecule has 0 spiro atoms. The van der Waals surface area contributed by atoms with Gasteiger partial charge in [0.15, 0.2) is 0 Å². The number of nitrogens with zero attached hydrogens (tertiary/aromatic N) is 3. The summed E-state index contributed by atoms with van der Waals surface area (Å²) in [5, 5.41) is 37.4. The Morgan fingerprint density at radius 3 is 1.90 bits per heavy atom. The number of pyridine rings is 1. The molecule has 0 bridgehead atoms. The van der Waals surface area contributed by atoms with Crippen molar-refractivity contribution < 1.29 is 39.2 Å². The molecule has 3 saturated heterocycles. The molecule has 4 fully saturated rings. The largest absolute Gasteiger partial charge is 0.506 e. The lowest BCUT2D eigenvalue weighted by Crippen LogP contribution is -2.46. The summed E-state index contributed by atoms with van der Waals surface area (Å²) in [6.45, 7) is 7.23. The van der Waals surface area contributed by atoms with E-state index >= 15 is 0 Å². The van der Waals surface area contributed by atoms with Crippen LogP contribution in [0.2, 0.25) is 0 Å². The Bertz CT molecular complexity index is 2650. The third kappa shape index (κ3) is 12.2. The lowest BCUT2D eigenvalue weighted by molar-refractivity contribution is -0.164. The number of aromatic amines is 1. The summed E-state index contributed by atoms with van der Waals surface area (Å²) in [7, 11) is 0. The standard InChI is InChI=1S/C58H71N5O9/c64-51-20-18-49(50-19-21-53(66)60-54(50)51)52(65)36-59-35-40-24-30-62(31-25-40)55(67)44-14-16-45(17-15-44)56(68)63-32-26-43(27-33-63)38-71-48-13-7-12-47(34-48)58(70,46-10-5-2-6-11-46)57(69)72-39-42-22-28-61(29-23-42)37-41-8-3-1-4-9-41/h1-13,18-21,34,40,42-45,52,59,64-65,70H,14-17,22-33,35-39H2,(H,60,66)/t44-,45-,52-,58?/m0/s1. The van der Waals surface area contributed by atoms with Gasteiger partial charge in [0.1, 0.15) is 11.5 Å². The van der Waals surface area contributed by atoms with Gasteiger partial charge in [0.2, 0.25) is 23.0 Å². The fraction of sp³-hybridized carbons (Fsp3) is 0.483. The number of carbonyl (C=O) groups excluding carboxylic acids is 3. The van der Waals surface area contributed by atoms with Gasteiger partial charge in [-0.2, -0.15) is 0 Å². The summed E-state index contributed by atoms with van der Waals surface area (Å²) in [5.41, 5.74) is 0.711. The van der Waals surface area contributed by atoms with Crippen LogP contribution in [0, 0.1) is 29.6 Å². The summed E-state index contributed by atoms with van der Waals surface area (Å²) in [4.78, 5) is 62.2. The first-order chi connectivity index (χ1) is 35.0. The first kappa shape index (κ1) is 50.9. The van der Waals surface area contributed by atoms with Crippen LogP contribution in [-0.2, 0) is 31.3 Å². The van der Waals surface area contributed by atoms with E-state index in [2.05, 4.69) is 39.5 Å². The van der Waals surface area contributed by atoms with Gasteiger partial charge in [-0.25, -0.2) is 4.79 Å². The molecule has 1 aromatic heterocycles. The number of piperidine rings is 3. The molecule has 14 heteroatoms. The van der Waals surface area contributed by atoms with Crippen molar-refractivity contribution in [3.8, 4) is 11.5 Å². The molecule has 9 rings (SSSR count). The van der Waals surface area contributed by atoms with E-state index in [0.717, 1.165) is 83.8 Å². The maximum absolute atomic E-state index is 14.0. The molecular weight excluding hydrogens is 911 g/mol. The topological polar surface area (TPSA) is 185 Å². The number of benzene rings is 4. The maximum atomic E-state index is 14.0. The van der Waals surface area contributed by atoms with Crippen molar-refractivity contribution >= 4 is 28.7 Å². The number of nitrogens with one attached hydrogen (secondary N) is 2. The van der Waals surface area contributed by atoms with E-state index in [-0.39, 0.29) is 53.4 Å². The van der Waals surface area contributed by atoms with E-state index in [1.165, 1.54) is 17.7 Å². The second-order valence-electron chi connectivity index (χ2n) is 20.8. The Hall–Kier alpha value is -6.06. The lowest BCUT2D eigenvalue weighted by Gasteiger charge is -2.38. The first-order valence-corrected chi connectivity index (χ1v) is 26.3. The number of fused-ring (bicyclic) bond motifs is 1. The van der Waals surface area contributed by atoms with Crippen molar-refractivity contribution in [1.82, 2.24) is 25.0 Å². The summed E-state index contributed by atoms with van der Waals surface area (Å²) < 4.78 is 12.3. The fourth-order valence-electron chi connectivity index (χ4n) is 11.4. The number of aromatic nitrogens is 1. The van der Waals surface area contributed by atoms with Crippen molar-refractivity contribution in [2.24, 2.45) is 29.6 Å². The predicted molar refractivity (Wildman–Crippen MR) is 275 cm³/mol. The average Bonchev–Trinajstić information content (AvgIpc) is 3.42. The highest BCUT2D eigenvalue weighted by atomic mass is 16.5. The van der Waals surface area contributed by atoms with Gasteiger partial charge in [-0.3, -0.25) is 19.3 Å². The number of amides is 2. The van der Waals surface area contributed by atoms with Gasteiger partial charge in [0, 0.05) is 68.1 Å². The monoisotopic (exact) mass is 982 g/mol. The van der Waals surface area contributed by atoms with Crippen LogP contribution in [0.15, 0.2) is 114 Å². The van der Waals surface area contributed by atoms with E-state index in [4.69, 9.17) is 9.47 Å². The molecule has 1 aliphatic carbocycles. The molecule has 2 atom stereocenters. The Morgan fingerprint density at radius 1 is 0.667 bits per heavy atom. The Kier molecular flexibility index (Phi) is 16.7. The van der Waals surface area contributed by atoms with Crippen molar-refractivity contribution in [2.75, 3.05) is 65.6 Å². The average molecular weight is 982 g/mol. The van der Waals surface area contributed by atoms with Crippen LogP contribution >= 0.6 is 0 Å². The van der Waals surface area contributed by atoms with Crippen LogP contribution in [0.4, 0.5) is 0 Å². The van der Waals surface area contributed by atoms with Gasteiger partial charge in [-0.1, -0.05) is 78.9 Å². The molecule has 0 radical (unpaired) electrons. The number of ether oxygens (including phenoxy) is 2. The second-order valence-corrected chi connectivity index (χ2v) is 20.8. The lowest BCUT2D eigenvalue weighted by atomic mass is 9.80. The number of rotatable bonds is 17. The maximum Gasteiger partial charge on any atom is 0.347 e. The van der Waals surface area contributed by atoms with Crippen LogP contribution in [-0.4, -0.2) is 118 Å². The van der Waals surface area contributed by atoms with E-state index in [9.17, 15) is 34.5 Å². The molecule has 1 unspecified atom stereocenters. The Morgan fingerprint density at radius 2 is 1.25 bits per heavy atom. The molecule has 4 heterocycles. The minimum atomic E-state index is -2.02. The smallest absolute Gasteiger partial charge is 0.347 e. The number of carbonyl (C=O) groups is 3. The Balaban J connectivity index is 0.681. The number of likely N-dealkylation sites (tertiary alicyclic amines) is 3. The van der Waals surface area contributed by atoms with Crippen molar-refractivity contribution in [3.05, 3.63) is 142 Å². The number of esters is 1. The highest BCUT2D eigenvalue weighted by Gasteiger charge is 2.43. The van der Waals surface area contributed by atoms with E-state index < -0.39 is 17.7 Å². The summed E-state index contributed by atoms with van der Waals surface area (Å²) in [6, 6.07) is 32.7. The first-order valence-electron chi connectivity index (χ1n) is 26.3. The van der Waals surface area contributed by atoms with E-state index in [1.54, 1.807) is 54.6 Å². The van der Waals surface area contributed by atoms with Crippen LogP contribution in [0.3, 0.4) is 0 Å². The number of hydrogen-bond acceptors (Lipinski definition) is 11. The van der Waals surface area contributed by atoms with Gasteiger partial charge in [0.05, 0.1) is 24.8 Å². The zero-order valence-corrected chi connectivity index (χ0v) is 41.3. The molecule has 72 heavy (non-hydrogen) atoms. The number of aromatic hydroxyl groups is 1. The molecule has 2 amide bonds. The normalized spacial score (nSPS) is 21.0. The molecule has 5 aromatic rings. The van der Waals surface area contributed by atoms with Crippen LogP contribution in [0.1, 0.15) is 92.6 Å². The number of aliphatic hydroxyl groups is 2. The summed E-state index contributed by atoms with van der Waals surface area (Å²) in [5.74, 6) is 0.943. The van der Waals surface area contributed by atoms with E-state index in [1.807, 2.05) is 28.0 Å². The number of phenolic OH excluding ortho intramolecular Hbond substituents is 1. The number of aliphatic hydroxyl groups excluding tert-OH is 1. The molecule has 4 aliphatic rings. The SMILES string of the molecule is O=C(OCC1CCN(Cc2ccccc2)CC1)C(O)(c1ccccc1)c1cccc(OCC2CCN(C(=O)[C@H]3CC[C@H](C(=O)N4CCC(CNC[C@H](O)c5ccc(O)c6[nH]c(=O)ccc56)CC4)CC3)CC2)c1.